The highest BCUT2D eigenvalue weighted by molar-refractivity contribution is 4.79. The van der Waals surface area contributed by atoms with Crippen molar-refractivity contribution in [3.05, 3.63) is 0 Å². The van der Waals surface area contributed by atoms with Gasteiger partial charge >= 0.3 is 0 Å². The van der Waals surface area contributed by atoms with Crippen LogP contribution in [0.1, 0.15) is 51.4 Å². The highest BCUT2D eigenvalue weighted by Gasteiger charge is 2.26. The minimum absolute atomic E-state index is 0.562. The molecule has 2 aliphatic heterocycles. The summed E-state index contributed by atoms with van der Waals surface area (Å²) < 4.78 is 6.25. The number of ether oxygens (including phenoxy) is 1. The fourth-order valence-corrected chi connectivity index (χ4v) is 3.95. The highest BCUT2D eigenvalue weighted by atomic mass is 16.5. The number of likely N-dealkylation sites (tertiary alicyclic amines) is 1. The molecule has 0 spiro atoms. The summed E-state index contributed by atoms with van der Waals surface area (Å²) in [5, 5.41) is 3.46. The Morgan fingerprint density at radius 3 is 2.16 bits per heavy atom. The van der Waals surface area contributed by atoms with Crippen molar-refractivity contribution in [2.75, 3.05) is 32.7 Å². The van der Waals surface area contributed by atoms with Gasteiger partial charge in [0, 0.05) is 19.6 Å². The number of nitrogens with one attached hydrogen (secondary N) is 1. The van der Waals surface area contributed by atoms with Crippen LogP contribution in [-0.4, -0.2) is 49.8 Å². The Balaban J connectivity index is 1.34. The van der Waals surface area contributed by atoms with Crippen molar-refractivity contribution in [2.45, 2.75) is 63.6 Å². The lowest BCUT2D eigenvalue weighted by molar-refractivity contribution is -0.0409. The SMILES string of the molecule is C1CCC(OC2CCN(CC3CCNCC3)CC2)C1. The van der Waals surface area contributed by atoms with E-state index in [4.69, 9.17) is 4.74 Å². The van der Waals surface area contributed by atoms with Gasteiger partial charge < -0.3 is 15.0 Å². The molecule has 1 N–H and O–H groups in total. The molecule has 0 aromatic rings. The smallest absolute Gasteiger partial charge is 0.0603 e. The molecule has 0 aromatic carbocycles. The second kappa shape index (κ2) is 7.05. The molecule has 3 aliphatic rings. The second-order valence-electron chi connectivity index (χ2n) is 6.74. The van der Waals surface area contributed by atoms with E-state index in [1.807, 2.05) is 0 Å². The lowest BCUT2D eigenvalue weighted by Crippen LogP contribution is -2.42. The standard InChI is InChI=1S/C16H30N2O/c1-2-4-15(3-1)19-16-7-11-18(12-8-16)13-14-5-9-17-10-6-14/h14-17H,1-13H2. The third kappa shape index (κ3) is 4.17. The zero-order chi connectivity index (χ0) is 12.9. The topological polar surface area (TPSA) is 24.5 Å². The molecular formula is C16H30N2O. The van der Waals surface area contributed by atoms with Gasteiger partial charge in [-0.1, -0.05) is 12.8 Å². The summed E-state index contributed by atoms with van der Waals surface area (Å²) in [6.45, 7) is 6.32. The molecule has 0 amide bonds. The average Bonchev–Trinajstić information content (AvgIpc) is 2.95. The fourth-order valence-electron chi connectivity index (χ4n) is 3.95. The summed E-state index contributed by atoms with van der Waals surface area (Å²) in [6, 6.07) is 0. The minimum atomic E-state index is 0.562. The number of piperidine rings is 2. The Morgan fingerprint density at radius 1 is 0.842 bits per heavy atom. The molecule has 3 rings (SSSR count). The first-order chi connectivity index (χ1) is 9.40. The fraction of sp³-hybridized carbons (Fsp3) is 1.00. The van der Waals surface area contributed by atoms with Gasteiger partial charge in [0.1, 0.15) is 0 Å². The van der Waals surface area contributed by atoms with Crippen LogP contribution >= 0.6 is 0 Å². The van der Waals surface area contributed by atoms with E-state index in [1.165, 1.54) is 84.1 Å². The molecule has 2 heterocycles. The maximum atomic E-state index is 6.25. The Bertz CT molecular complexity index is 251. The van der Waals surface area contributed by atoms with Gasteiger partial charge in [-0.3, -0.25) is 0 Å². The molecule has 0 unspecified atom stereocenters. The maximum Gasteiger partial charge on any atom is 0.0603 e. The first-order valence-electron chi connectivity index (χ1n) is 8.48. The Morgan fingerprint density at radius 2 is 1.47 bits per heavy atom. The molecule has 2 saturated heterocycles. The van der Waals surface area contributed by atoms with Crippen LogP contribution in [0.25, 0.3) is 0 Å². The van der Waals surface area contributed by atoms with E-state index in [9.17, 15) is 0 Å². The number of rotatable bonds is 4. The molecule has 1 saturated carbocycles. The molecule has 3 nitrogen and oxygen atoms in total. The predicted molar refractivity (Wildman–Crippen MR) is 78.4 cm³/mol. The van der Waals surface area contributed by atoms with E-state index >= 15 is 0 Å². The molecule has 0 aromatic heterocycles. The van der Waals surface area contributed by atoms with E-state index in [-0.39, 0.29) is 0 Å². The lowest BCUT2D eigenvalue weighted by Gasteiger charge is -2.36. The van der Waals surface area contributed by atoms with E-state index in [0.717, 1.165) is 5.92 Å². The quantitative estimate of drug-likeness (QED) is 0.846. The third-order valence-corrected chi connectivity index (χ3v) is 5.20. The zero-order valence-corrected chi connectivity index (χ0v) is 12.3. The molecule has 1 aliphatic carbocycles. The van der Waals surface area contributed by atoms with Gasteiger partial charge in [-0.05, 0) is 57.5 Å². The van der Waals surface area contributed by atoms with E-state index in [1.54, 1.807) is 0 Å². The van der Waals surface area contributed by atoms with Crippen molar-refractivity contribution in [3.8, 4) is 0 Å². The van der Waals surface area contributed by atoms with Crippen LogP contribution in [0, 0.1) is 5.92 Å². The molecular weight excluding hydrogens is 236 g/mol. The van der Waals surface area contributed by atoms with Crippen molar-refractivity contribution in [2.24, 2.45) is 5.92 Å². The van der Waals surface area contributed by atoms with Crippen LogP contribution in [0.2, 0.25) is 0 Å². The Kier molecular flexibility index (Phi) is 5.14. The number of nitrogens with zero attached hydrogens (tertiary/aromatic N) is 1. The van der Waals surface area contributed by atoms with Crippen molar-refractivity contribution in [3.63, 3.8) is 0 Å². The highest BCUT2D eigenvalue weighted by Crippen LogP contribution is 2.26. The summed E-state index contributed by atoms with van der Waals surface area (Å²) in [4.78, 5) is 2.69. The Labute approximate surface area is 118 Å². The largest absolute Gasteiger partial charge is 0.375 e. The van der Waals surface area contributed by atoms with Gasteiger partial charge in [0.05, 0.1) is 12.2 Å². The average molecular weight is 266 g/mol. The van der Waals surface area contributed by atoms with Gasteiger partial charge in [0.15, 0.2) is 0 Å². The van der Waals surface area contributed by atoms with Crippen LogP contribution in [0.3, 0.4) is 0 Å². The van der Waals surface area contributed by atoms with Crippen molar-refractivity contribution in [1.29, 1.82) is 0 Å². The van der Waals surface area contributed by atoms with Crippen molar-refractivity contribution >= 4 is 0 Å². The van der Waals surface area contributed by atoms with E-state index < -0.39 is 0 Å². The summed E-state index contributed by atoms with van der Waals surface area (Å²) in [5.74, 6) is 0.938. The summed E-state index contributed by atoms with van der Waals surface area (Å²) >= 11 is 0. The molecule has 0 atom stereocenters. The van der Waals surface area contributed by atoms with E-state index in [2.05, 4.69) is 10.2 Å². The predicted octanol–water partition coefficient (Wildman–Crippen LogP) is 2.41. The lowest BCUT2D eigenvalue weighted by atomic mass is 9.96. The van der Waals surface area contributed by atoms with E-state index in [0.29, 0.717) is 12.2 Å². The van der Waals surface area contributed by atoms with Gasteiger partial charge in [-0.25, -0.2) is 0 Å². The van der Waals surface area contributed by atoms with Gasteiger partial charge in [0.2, 0.25) is 0 Å². The van der Waals surface area contributed by atoms with Crippen molar-refractivity contribution < 1.29 is 4.74 Å². The molecule has 19 heavy (non-hydrogen) atoms. The third-order valence-electron chi connectivity index (χ3n) is 5.20. The molecule has 3 heteroatoms. The summed E-state index contributed by atoms with van der Waals surface area (Å²) in [5.41, 5.74) is 0. The molecule has 110 valence electrons. The van der Waals surface area contributed by atoms with Gasteiger partial charge in [-0.2, -0.15) is 0 Å². The van der Waals surface area contributed by atoms with Crippen LogP contribution < -0.4 is 5.32 Å². The monoisotopic (exact) mass is 266 g/mol. The maximum absolute atomic E-state index is 6.25. The molecule has 0 radical (unpaired) electrons. The normalized spacial score (nSPS) is 29.1. The van der Waals surface area contributed by atoms with Gasteiger partial charge in [0.25, 0.3) is 0 Å². The number of hydrogen-bond donors (Lipinski definition) is 1. The number of hydrogen-bond acceptors (Lipinski definition) is 3. The summed E-state index contributed by atoms with van der Waals surface area (Å²) in [6.07, 6.45) is 11.8. The minimum Gasteiger partial charge on any atom is -0.375 e. The van der Waals surface area contributed by atoms with Crippen LogP contribution in [0.4, 0.5) is 0 Å². The van der Waals surface area contributed by atoms with Crippen LogP contribution in [-0.2, 0) is 4.74 Å². The van der Waals surface area contributed by atoms with Gasteiger partial charge in [-0.15, -0.1) is 0 Å². The summed E-state index contributed by atoms with van der Waals surface area (Å²) in [7, 11) is 0. The van der Waals surface area contributed by atoms with Crippen molar-refractivity contribution in [1.82, 2.24) is 10.2 Å². The van der Waals surface area contributed by atoms with Crippen LogP contribution in [0.5, 0.6) is 0 Å². The zero-order valence-electron chi connectivity index (χ0n) is 12.3. The second-order valence-corrected chi connectivity index (χ2v) is 6.74. The van der Waals surface area contributed by atoms with Crippen LogP contribution in [0.15, 0.2) is 0 Å². The first-order valence-corrected chi connectivity index (χ1v) is 8.48. The molecule has 0 bridgehead atoms. The Hall–Kier alpha value is -0.120. The first kappa shape index (κ1) is 13.8. The molecule has 3 fully saturated rings.